The van der Waals surface area contributed by atoms with Gasteiger partial charge in [-0.2, -0.15) is 23.1 Å². The van der Waals surface area contributed by atoms with Crippen LogP contribution < -0.4 is 5.32 Å². The summed E-state index contributed by atoms with van der Waals surface area (Å²) in [6.45, 7) is 0.788. The largest absolute Gasteiger partial charge is 0.351 e. The lowest BCUT2D eigenvalue weighted by Crippen LogP contribution is -2.25. The summed E-state index contributed by atoms with van der Waals surface area (Å²) in [6.07, 6.45) is 5.50. The van der Waals surface area contributed by atoms with Crippen LogP contribution in [0.1, 0.15) is 36.0 Å². The number of nitrogens with one attached hydrogen (secondary N) is 1. The van der Waals surface area contributed by atoms with Gasteiger partial charge in [0.15, 0.2) is 0 Å². The van der Waals surface area contributed by atoms with E-state index in [1.165, 1.54) is 25.7 Å². The lowest BCUT2D eigenvalue weighted by Gasteiger charge is -2.08. The zero-order valence-corrected chi connectivity index (χ0v) is 10.9. The Kier molecular flexibility index (Phi) is 4.72. The van der Waals surface area contributed by atoms with Crippen molar-refractivity contribution in [3.05, 3.63) is 22.4 Å². The molecule has 88 valence electrons. The average Bonchev–Trinajstić information content (AvgIpc) is 2.96. The first-order chi connectivity index (χ1) is 7.86. The highest BCUT2D eigenvalue weighted by Gasteiger charge is 2.14. The molecule has 1 aromatic heterocycles. The van der Waals surface area contributed by atoms with Gasteiger partial charge in [0.05, 0.1) is 0 Å². The Morgan fingerprint density at radius 2 is 2.31 bits per heavy atom. The van der Waals surface area contributed by atoms with Gasteiger partial charge in [-0.05, 0) is 24.3 Å². The van der Waals surface area contributed by atoms with Gasteiger partial charge in [0.25, 0.3) is 5.91 Å². The maximum Gasteiger partial charge on any atom is 0.252 e. The van der Waals surface area contributed by atoms with Gasteiger partial charge in [-0.25, -0.2) is 0 Å². The molecule has 1 saturated carbocycles. The van der Waals surface area contributed by atoms with E-state index in [1.807, 2.05) is 28.6 Å². The second kappa shape index (κ2) is 6.30. The van der Waals surface area contributed by atoms with Crippen LogP contribution in [0.4, 0.5) is 0 Å². The van der Waals surface area contributed by atoms with Crippen LogP contribution in [0.15, 0.2) is 16.8 Å². The van der Waals surface area contributed by atoms with Gasteiger partial charge in [0, 0.05) is 28.5 Å². The van der Waals surface area contributed by atoms with Gasteiger partial charge in [-0.3, -0.25) is 4.79 Å². The summed E-state index contributed by atoms with van der Waals surface area (Å²) in [4.78, 5) is 11.6. The molecule has 0 spiro atoms. The van der Waals surface area contributed by atoms with Crippen molar-refractivity contribution in [2.24, 2.45) is 0 Å². The summed E-state index contributed by atoms with van der Waals surface area (Å²) in [5, 5.41) is 7.62. The lowest BCUT2D eigenvalue weighted by atomic mass is 10.3. The third kappa shape index (κ3) is 3.52. The summed E-state index contributed by atoms with van der Waals surface area (Å²) in [7, 11) is 0. The smallest absolute Gasteiger partial charge is 0.252 e. The third-order valence-electron chi connectivity index (χ3n) is 2.83. The van der Waals surface area contributed by atoms with Crippen LogP contribution in [0.2, 0.25) is 0 Å². The van der Waals surface area contributed by atoms with E-state index in [4.69, 9.17) is 0 Å². The lowest BCUT2D eigenvalue weighted by molar-refractivity contribution is 0.0956. The van der Waals surface area contributed by atoms with Gasteiger partial charge in [-0.15, -0.1) is 0 Å². The third-order valence-corrected chi connectivity index (χ3v) is 4.89. The van der Waals surface area contributed by atoms with E-state index in [0.717, 1.165) is 23.1 Å². The monoisotopic (exact) mass is 255 g/mol. The van der Waals surface area contributed by atoms with Crippen LogP contribution in [0.3, 0.4) is 0 Å². The molecule has 1 heterocycles. The Bertz CT molecular complexity index is 318. The SMILES string of the molecule is O=C(NCCSC1CCCC1)c1ccsc1. The van der Waals surface area contributed by atoms with Gasteiger partial charge < -0.3 is 5.32 Å². The first-order valence-corrected chi connectivity index (χ1v) is 7.77. The number of carbonyl (C=O) groups is 1. The molecular weight excluding hydrogens is 238 g/mol. The van der Waals surface area contributed by atoms with E-state index in [2.05, 4.69) is 5.32 Å². The van der Waals surface area contributed by atoms with Gasteiger partial charge in [-0.1, -0.05) is 12.8 Å². The van der Waals surface area contributed by atoms with Crippen molar-refractivity contribution in [3.63, 3.8) is 0 Å². The maximum atomic E-state index is 11.6. The van der Waals surface area contributed by atoms with Crippen molar-refractivity contribution in [3.8, 4) is 0 Å². The Hall–Kier alpha value is -0.480. The molecule has 1 aromatic rings. The molecule has 0 radical (unpaired) electrons. The summed E-state index contributed by atoms with van der Waals surface area (Å²) in [5.74, 6) is 1.11. The molecular formula is C12H17NOS2. The number of amides is 1. The zero-order chi connectivity index (χ0) is 11.2. The fourth-order valence-electron chi connectivity index (χ4n) is 1.94. The fraction of sp³-hybridized carbons (Fsp3) is 0.583. The van der Waals surface area contributed by atoms with E-state index in [9.17, 15) is 4.79 Å². The summed E-state index contributed by atoms with van der Waals surface area (Å²) >= 11 is 3.57. The Morgan fingerprint density at radius 3 is 3.00 bits per heavy atom. The number of thiophene rings is 1. The molecule has 1 amide bonds. The number of hydrogen-bond acceptors (Lipinski definition) is 3. The fourth-order valence-corrected chi connectivity index (χ4v) is 3.80. The predicted octanol–water partition coefficient (Wildman–Crippen LogP) is 3.15. The molecule has 0 saturated heterocycles. The normalized spacial score (nSPS) is 16.5. The van der Waals surface area contributed by atoms with Gasteiger partial charge in [0.2, 0.25) is 0 Å². The second-order valence-corrected chi connectivity index (χ2v) is 6.23. The molecule has 2 nitrogen and oxygen atoms in total. The van der Waals surface area contributed by atoms with E-state index in [0.29, 0.717) is 0 Å². The van der Waals surface area contributed by atoms with E-state index < -0.39 is 0 Å². The minimum Gasteiger partial charge on any atom is -0.351 e. The molecule has 0 unspecified atom stereocenters. The number of thioether (sulfide) groups is 1. The summed E-state index contributed by atoms with van der Waals surface area (Å²) in [6, 6.07) is 1.87. The predicted molar refractivity (Wildman–Crippen MR) is 71.4 cm³/mol. The maximum absolute atomic E-state index is 11.6. The van der Waals surface area contributed by atoms with Crippen molar-refractivity contribution in [1.29, 1.82) is 0 Å². The van der Waals surface area contributed by atoms with Crippen molar-refractivity contribution in [1.82, 2.24) is 5.32 Å². The molecule has 4 heteroatoms. The van der Waals surface area contributed by atoms with E-state index >= 15 is 0 Å². The highest BCUT2D eigenvalue weighted by atomic mass is 32.2. The topological polar surface area (TPSA) is 29.1 Å². The summed E-state index contributed by atoms with van der Waals surface area (Å²) < 4.78 is 0. The van der Waals surface area contributed by atoms with Crippen molar-refractivity contribution in [2.45, 2.75) is 30.9 Å². The molecule has 16 heavy (non-hydrogen) atoms. The van der Waals surface area contributed by atoms with E-state index in [-0.39, 0.29) is 5.91 Å². The van der Waals surface area contributed by atoms with Crippen LogP contribution in [-0.2, 0) is 0 Å². The highest BCUT2D eigenvalue weighted by molar-refractivity contribution is 7.99. The van der Waals surface area contributed by atoms with Crippen LogP contribution >= 0.6 is 23.1 Å². The van der Waals surface area contributed by atoms with Crippen molar-refractivity contribution in [2.75, 3.05) is 12.3 Å². The summed E-state index contributed by atoms with van der Waals surface area (Å²) in [5.41, 5.74) is 0.788. The number of hydrogen-bond donors (Lipinski definition) is 1. The molecule has 0 aromatic carbocycles. The molecule has 2 rings (SSSR count). The second-order valence-electron chi connectivity index (χ2n) is 4.05. The first-order valence-electron chi connectivity index (χ1n) is 5.78. The van der Waals surface area contributed by atoms with Crippen molar-refractivity contribution < 1.29 is 4.79 Å². The minimum atomic E-state index is 0.0632. The average molecular weight is 255 g/mol. The van der Waals surface area contributed by atoms with Crippen LogP contribution in [0, 0.1) is 0 Å². The zero-order valence-electron chi connectivity index (χ0n) is 9.28. The standard InChI is InChI=1S/C12H17NOS2/c14-12(10-5-7-15-9-10)13-6-8-16-11-3-1-2-4-11/h5,7,9,11H,1-4,6,8H2,(H,13,14). The first kappa shape index (κ1) is 12.0. The molecule has 0 atom stereocenters. The van der Waals surface area contributed by atoms with Gasteiger partial charge >= 0.3 is 0 Å². The molecule has 1 fully saturated rings. The molecule has 1 aliphatic rings. The van der Waals surface area contributed by atoms with Crippen LogP contribution in [0.5, 0.6) is 0 Å². The van der Waals surface area contributed by atoms with Crippen LogP contribution in [-0.4, -0.2) is 23.5 Å². The van der Waals surface area contributed by atoms with Gasteiger partial charge in [0.1, 0.15) is 0 Å². The van der Waals surface area contributed by atoms with E-state index in [1.54, 1.807) is 11.3 Å². The molecule has 0 aliphatic heterocycles. The minimum absolute atomic E-state index is 0.0632. The van der Waals surface area contributed by atoms with Crippen LogP contribution in [0.25, 0.3) is 0 Å². The molecule has 0 bridgehead atoms. The quantitative estimate of drug-likeness (QED) is 0.819. The Morgan fingerprint density at radius 1 is 1.50 bits per heavy atom. The molecule has 1 N–H and O–H groups in total. The Labute approximate surface area is 105 Å². The Balaban J connectivity index is 1.59. The molecule has 1 aliphatic carbocycles. The number of carbonyl (C=O) groups excluding carboxylic acids is 1. The van der Waals surface area contributed by atoms with Crippen molar-refractivity contribution >= 4 is 29.0 Å². The highest BCUT2D eigenvalue weighted by Crippen LogP contribution is 2.28. The number of rotatable bonds is 5.